The fourth-order valence-corrected chi connectivity index (χ4v) is 2.94. The van der Waals surface area contributed by atoms with Gasteiger partial charge in [-0.15, -0.1) is 0 Å². The number of rotatable bonds is 13. The summed E-state index contributed by atoms with van der Waals surface area (Å²) in [7, 11) is 0. The third-order valence-corrected chi connectivity index (χ3v) is 4.42. The largest absolute Gasteiger partial charge is 0.304 e. The van der Waals surface area contributed by atoms with Crippen LogP contribution in [-0.4, -0.2) is 29.5 Å². The maximum absolute atomic E-state index is 11.3. The summed E-state index contributed by atoms with van der Waals surface area (Å²) in [5.74, 6) is 0. The zero-order valence-corrected chi connectivity index (χ0v) is 14.7. The molecule has 0 radical (unpaired) electrons. The van der Waals surface area contributed by atoms with Gasteiger partial charge in [0, 0.05) is 16.9 Å². The topological polar surface area (TPSA) is 46.4 Å². The monoisotopic (exact) mass is 320 g/mol. The summed E-state index contributed by atoms with van der Waals surface area (Å²) in [6.07, 6.45) is 7.96. The molecule has 0 saturated carbocycles. The first kappa shape index (κ1) is 19.6. The van der Waals surface area contributed by atoms with E-state index in [4.69, 9.17) is 0 Å². The van der Waals surface area contributed by atoms with Crippen molar-refractivity contribution in [3.8, 4) is 0 Å². The highest BCUT2D eigenvalue weighted by atomic mass is 16.6. The SMILES string of the molecule is CCCCCCCN(CC)CCCC(c1ccccc1)[N+](=O)[O-]. The maximum atomic E-state index is 11.3. The van der Waals surface area contributed by atoms with Crippen LogP contribution in [0.15, 0.2) is 30.3 Å². The van der Waals surface area contributed by atoms with Crippen LogP contribution in [0.3, 0.4) is 0 Å². The normalized spacial score (nSPS) is 12.5. The Morgan fingerprint density at radius 3 is 2.26 bits per heavy atom. The highest BCUT2D eigenvalue weighted by Crippen LogP contribution is 2.21. The molecule has 0 bridgehead atoms. The summed E-state index contributed by atoms with van der Waals surface area (Å²) < 4.78 is 0. The molecule has 0 aliphatic heterocycles. The van der Waals surface area contributed by atoms with Gasteiger partial charge < -0.3 is 4.90 Å². The van der Waals surface area contributed by atoms with Gasteiger partial charge in [-0.05, 0) is 32.5 Å². The van der Waals surface area contributed by atoms with E-state index in [1.165, 1.54) is 32.1 Å². The van der Waals surface area contributed by atoms with Gasteiger partial charge in [-0.25, -0.2) is 0 Å². The van der Waals surface area contributed by atoms with Gasteiger partial charge >= 0.3 is 0 Å². The average molecular weight is 320 g/mol. The Morgan fingerprint density at radius 2 is 1.65 bits per heavy atom. The molecular formula is C19H32N2O2. The molecule has 23 heavy (non-hydrogen) atoms. The van der Waals surface area contributed by atoms with Crippen molar-refractivity contribution in [2.45, 2.75) is 64.8 Å². The first-order chi connectivity index (χ1) is 11.2. The molecule has 1 rings (SSSR count). The maximum Gasteiger partial charge on any atom is 0.238 e. The van der Waals surface area contributed by atoms with Crippen LogP contribution < -0.4 is 0 Å². The van der Waals surface area contributed by atoms with Crippen LogP contribution in [0.2, 0.25) is 0 Å². The van der Waals surface area contributed by atoms with E-state index in [1.54, 1.807) is 0 Å². The predicted octanol–water partition coefficient (Wildman–Crippen LogP) is 5.08. The zero-order valence-electron chi connectivity index (χ0n) is 14.7. The van der Waals surface area contributed by atoms with Crippen molar-refractivity contribution in [2.75, 3.05) is 19.6 Å². The number of benzene rings is 1. The quantitative estimate of drug-likeness (QED) is 0.289. The van der Waals surface area contributed by atoms with Gasteiger partial charge in [0.2, 0.25) is 6.04 Å². The van der Waals surface area contributed by atoms with Crippen LogP contribution in [0.1, 0.15) is 70.4 Å². The molecule has 0 N–H and O–H groups in total. The van der Waals surface area contributed by atoms with E-state index in [0.29, 0.717) is 6.42 Å². The zero-order chi connectivity index (χ0) is 16.9. The van der Waals surface area contributed by atoms with E-state index in [1.807, 2.05) is 30.3 Å². The van der Waals surface area contributed by atoms with Gasteiger partial charge in [-0.2, -0.15) is 0 Å². The van der Waals surface area contributed by atoms with Crippen molar-refractivity contribution in [1.29, 1.82) is 0 Å². The lowest BCUT2D eigenvalue weighted by Crippen LogP contribution is -2.26. The first-order valence-corrected chi connectivity index (χ1v) is 9.09. The molecule has 1 unspecified atom stereocenters. The lowest BCUT2D eigenvalue weighted by Gasteiger charge is -2.20. The highest BCUT2D eigenvalue weighted by Gasteiger charge is 2.21. The summed E-state index contributed by atoms with van der Waals surface area (Å²) >= 11 is 0. The molecule has 0 amide bonds. The van der Waals surface area contributed by atoms with Crippen molar-refractivity contribution < 1.29 is 4.92 Å². The predicted molar refractivity (Wildman–Crippen MR) is 96.3 cm³/mol. The molecule has 4 heteroatoms. The fourth-order valence-electron chi connectivity index (χ4n) is 2.94. The molecular weight excluding hydrogens is 288 g/mol. The Hall–Kier alpha value is -1.42. The van der Waals surface area contributed by atoms with Crippen LogP contribution in [0.25, 0.3) is 0 Å². The number of hydrogen-bond donors (Lipinski definition) is 0. The number of nitrogens with zero attached hydrogens (tertiary/aromatic N) is 2. The van der Waals surface area contributed by atoms with Gasteiger partial charge in [0.05, 0.1) is 0 Å². The standard InChI is InChI=1S/C19H32N2O2/c1-3-5-6-7-11-16-20(4-2)17-12-15-19(21(22)23)18-13-9-8-10-14-18/h8-10,13-14,19H,3-7,11-12,15-17H2,1-2H3. The van der Waals surface area contributed by atoms with E-state index in [9.17, 15) is 10.1 Å². The molecule has 1 aromatic rings. The molecule has 4 nitrogen and oxygen atoms in total. The lowest BCUT2D eigenvalue weighted by molar-refractivity contribution is -0.530. The van der Waals surface area contributed by atoms with Gasteiger partial charge in [0.15, 0.2) is 0 Å². The molecule has 0 saturated heterocycles. The van der Waals surface area contributed by atoms with Crippen molar-refractivity contribution in [3.05, 3.63) is 46.0 Å². The summed E-state index contributed by atoms with van der Waals surface area (Å²) in [5, 5.41) is 11.3. The van der Waals surface area contributed by atoms with E-state index in [0.717, 1.165) is 31.6 Å². The molecule has 0 heterocycles. The van der Waals surface area contributed by atoms with Crippen LogP contribution in [0.4, 0.5) is 0 Å². The third kappa shape index (κ3) is 8.12. The average Bonchev–Trinajstić information content (AvgIpc) is 2.57. The third-order valence-electron chi connectivity index (χ3n) is 4.42. The minimum Gasteiger partial charge on any atom is -0.304 e. The van der Waals surface area contributed by atoms with Gasteiger partial charge in [0.25, 0.3) is 0 Å². The number of unbranched alkanes of at least 4 members (excludes halogenated alkanes) is 4. The Labute approximate surface area is 141 Å². The Balaban J connectivity index is 2.32. The summed E-state index contributed by atoms with van der Waals surface area (Å²) in [6.45, 7) is 7.52. The molecule has 1 aromatic carbocycles. The summed E-state index contributed by atoms with van der Waals surface area (Å²) in [4.78, 5) is 13.6. The minimum atomic E-state index is -0.570. The van der Waals surface area contributed by atoms with E-state index >= 15 is 0 Å². The number of nitro groups is 1. The second kappa shape index (κ2) is 12.1. The molecule has 0 fully saturated rings. The Bertz CT molecular complexity index is 423. The van der Waals surface area contributed by atoms with Crippen LogP contribution in [-0.2, 0) is 0 Å². The van der Waals surface area contributed by atoms with E-state index in [-0.39, 0.29) is 4.92 Å². The first-order valence-electron chi connectivity index (χ1n) is 9.09. The fraction of sp³-hybridized carbons (Fsp3) is 0.684. The second-order valence-corrected chi connectivity index (χ2v) is 6.20. The highest BCUT2D eigenvalue weighted by molar-refractivity contribution is 5.17. The van der Waals surface area contributed by atoms with Gasteiger partial charge in [-0.3, -0.25) is 10.1 Å². The summed E-state index contributed by atoms with van der Waals surface area (Å²) in [5.41, 5.74) is 0.820. The van der Waals surface area contributed by atoms with Gasteiger partial charge in [0.1, 0.15) is 0 Å². The molecule has 0 aliphatic rings. The smallest absolute Gasteiger partial charge is 0.238 e. The second-order valence-electron chi connectivity index (χ2n) is 6.20. The van der Waals surface area contributed by atoms with E-state index in [2.05, 4.69) is 18.7 Å². The van der Waals surface area contributed by atoms with Crippen LogP contribution in [0, 0.1) is 10.1 Å². The van der Waals surface area contributed by atoms with Crippen LogP contribution >= 0.6 is 0 Å². The summed E-state index contributed by atoms with van der Waals surface area (Å²) in [6, 6.07) is 8.80. The van der Waals surface area contributed by atoms with E-state index < -0.39 is 6.04 Å². The lowest BCUT2D eigenvalue weighted by atomic mass is 10.0. The van der Waals surface area contributed by atoms with Crippen molar-refractivity contribution in [1.82, 2.24) is 4.90 Å². The number of hydrogen-bond acceptors (Lipinski definition) is 3. The molecule has 130 valence electrons. The van der Waals surface area contributed by atoms with Crippen molar-refractivity contribution in [2.24, 2.45) is 0 Å². The Kier molecular flexibility index (Phi) is 10.3. The molecule has 0 spiro atoms. The molecule has 1 atom stereocenters. The minimum absolute atomic E-state index is 0.142. The Morgan fingerprint density at radius 1 is 1.00 bits per heavy atom. The van der Waals surface area contributed by atoms with Gasteiger partial charge in [-0.1, -0.05) is 69.9 Å². The van der Waals surface area contributed by atoms with Crippen molar-refractivity contribution in [3.63, 3.8) is 0 Å². The molecule has 0 aromatic heterocycles. The van der Waals surface area contributed by atoms with Crippen LogP contribution in [0.5, 0.6) is 0 Å². The molecule has 0 aliphatic carbocycles. The van der Waals surface area contributed by atoms with Crippen molar-refractivity contribution >= 4 is 0 Å².